The van der Waals surface area contributed by atoms with Gasteiger partial charge in [0.15, 0.2) is 0 Å². The third-order valence-electron chi connectivity index (χ3n) is 5.25. The molecule has 0 aliphatic carbocycles. The Balaban J connectivity index is 1.52. The van der Waals surface area contributed by atoms with Crippen LogP contribution in [-0.2, 0) is 6.54 Å². The molecule has 0 amide bonds. The van der Waals surface area contributed by atoms with Crippen LogP contribution in [0.5, 0.6) is 6.01 Å². The second kappa shape index (κ2) is 7.55. The van der Waals surface area contributed by atoms with Crippen LogP contribution in [-0.4, -0.2) is 83.6 Å². The van der Waals surface area contributed by atoms with Crippen LogP contribution in [0.3, 0.4) is 0 Å². The number of aromatic nitrogens is 2. The smallest absolute Gasteiger partial charge is 0.316 e. The summed E-state index contributed by atoms with van der Waals surface area (Å²) in [5.41, 5.74) is 2.24. The van der Waals surface area contributed by atoms with Crippen LogP contribution in [0.25, 0.3) is 0 Å². The number of ether oxygens (including phenoxy) is 1. The molecule has 2 fully saturated rings. The van der Waals surface area contributed by atoms with Gasteiger partial charge in [-0.3, -0.25) is 9.80 Å². The average molecular weight is 319 g/mol. The molecule has 0 radical (unpaired) electrons. The first-order valence-corrected chi connectivity index (χ1v) is 8.75. The van der Waals surface area contributed by atoms with Gasteiger partial charge in [-0.05, 0) is 19.9 Å². The molecule has 1 atom stereocenters. The lowest BCUT2D eigenvalue weighted by Gasteiger charge is -2.37. The third kappa shape index (κ3) is 4.00. The summed E-state index contributed by atoms with van der Waals surface area (Å²) in [7, 11) is 1.61. The second-order valence-electron chi connectivity index (χ2n) is 6.62. The van der Waals surface area contributed by atoms with Crippen LogP contribution in [0.1, 0.15) is 24.6 Å². The summed E-state index contributed by atoms with van der Waals surface area (Å²) in [6.45, 7) is 13.6. The molecule has 1 unspecified atom stereocenters. The van der Waals surface area contributed by atoms with E-state index < -0.39 is 0 Å². The molecule has 2 aliphatic heterocycles. The standard InChI is InChI=1S/C17H29N5O/c1-4-20-7-9-22(10-8-20)16-5-6-21(13-16)12-15-11-18-17(23-3)19-14(15)2/h11,16H,4-10,12-13H2,1-3H3. The Morgan fingerprint density at radius 1 is 1.17 bits per heavy atom. The Kier molecular flexibility index (Phi) is 5.46. The average Bonchev–Trinajstić information content (AvgIpc) is 3.05. The summed E-state index contributed by atoms with van der Waals surface area (Å²) < 4.78 is 5.09. The van der Waals surface area contributed by atoms with Crippen LogP contribution in [0.4, 0.5) is 0 Å². The maximum atomic E-state index is 5.09. The van der Waals surface area contributed by atoms with Crippen molar-refractivity contribution in [3.8, 4) is 6.01 Å². The van der Waals surface area contributed by atoms with Crippen molar-refractivity contribution in [3.05, 3.63) is 17.5 Å². The van der Waals surface area contributed by atoms with E-state index >= 15 is 0 Å². The first kappa shape index (κ1) is 16.6. The molecule has 0 aromatic carbocycles. The Hall–Kier alpha value is -1.24. The van der Waals surface area contributed by atoms with Crippen LogP contribution in [0.2, 0.25) is 0 Å². The zero-order chi connectivity index (χ0) is 16.2. The molecule has 2 aliphatic rings. The van der Waals surface area contributed by atoms with Crippen LogP contribution < -0.4 is 4.74 Å². The number of hydrogen-bond acceptors (Lipinski definition) is 6. The fourth-order valence-electron chi connectivity index (χ4n) is 3.66. The summed E-state index contributed by atoms with van der Waals surface area (Å²) >= 11 is 0. The van der Waals surface area contributed by atoms with Gasteiger partial charge in [-0.2, -0.15) is 0 Å². The first-order chi connectivity index (χ1) is 11.2. The van der Waals surface area contributed by atoms with E-state index in [4.69, 9.17) is 4.74 Å². The van der Waals surface area contributed by atoms with Gasteiger partial charge in [0.05, 0.1) is 7.11 Å². The molecule has 2 saturated heterocycles. The van der Waals surface area contributed by atoms with Gasteiger partial charge in [0.1, 0.15) is 0 Å². The van der Waals surface area contributed by atoms with Gasteiger partial charge in [0, 0.05) is 69.3 Å². The molecular weight excluding hydrogens is 290 g/mol. The molecule has 3 rings (SSSR count). The van der Waals surface area contributed by atoms with Gasteiger partial charge < -0.3 is 9.64 Å². The minimum atomic E-state index is 0.458. The Bertz CT molecular complexity index is 516. The Labute approximate surface area is 139 Å². The van der Waals surface area contributed by atoms with Gasteiger partial charge >= 0.3 is 6.01 Å². The fraction of sp³-hybridized carbons (Fsp3) is 0.765. The second-order valence-corrected chi connectivity index (χ2v) is 6.62. The number of rotatable bonds is 5. The number of nitrogens with zero attached hydrogens (tertiary/aromatic N) is 5. The summed E-state index contributed by atoms with van der Waals surface area (Å²) in [5, 5.41) is 0. The monoisotopic (exact) mass is 319 g/mol. The number of likely N-dealkylation sites (tertiary alicyclic amines) is 1. The molecule has 1 aromatic rings. The largest absolute Gasteiger partial charge is 0.467 e. The van der Waals surface area contributed by atoms with Gasteiger partial charge in [0.2, 0.25) is 0 Å². The number of hydrogen-bond donors (Lipinski definition) is 0. The summed E-state index contributed by atoms with van der Waals surface area (Å²) in [6, 6.07) is 1.17. The lowest BCUT2D eigenvalue weighted by atomic mass is 10.2. The van der Waals surface area contributed by atoms with Gasteiger partial charge in [-0.1, -0.05) is 6.92 Å². The van der Waals surface area contributed by atoms with Crippen LogP contribution in [0, 0.1) is 6.92 Å². The van der Waals surface area contributed by atoms with Crippen molar-refractivity contribution in [2.75, 3.05) is 52.9 Å². The minimum absolute atomic E-state index is 0.458. The van der Waals surface area contributed by atoms with Gasteiger partial charge in [-0.15, -0.1) is 0 Å². The van der Waals surface area contributed by atoms with Crippen molar-refractivity contribution in [1.29, 1.82) is 0 Å². The van der Waals surface area contributed by atoms with E-state index in [1.54, 1.807) is 7.11 Å². The molecule has 23 heavy (non-hydrogen) atoms. The lowest BCUT2D eigenvalue weighted by Crippen LogP contribution is -2.50. The maximum Gasteiger partial charge on any atom is 0.316 e. The van der Waals surface area contributed by atoms with Crippen molar-refractivity contribution in [2.45, 2.75) is 32.9 Å². The SMILES string of the molecule is CCN1CCN(C2CCN(Cc3cnc(OC)nc3C)C2)CC1. The highest BCUT2D eigenvalue weighted by molar-refractivity contribution is 5.18. The zero-order valence-corrected chi connectivity index (χ0v) is 14.7. The minimum Gasteiger partial charge on any atom is -0.467 e. The molecule has 0 N–H and O–H groups in total. The van der Waals surface area contributed by atoms with Crippen molar-refractivity contribution < 1.29 is 4.74 Å². The van der Waals surface area contributed by atoms with E-state index in [0.29, 0.717) is 12.1 Å². The van der Waals surface area contributed by atoms with E-state index in [2.05, 4.69) is 31.6 Å². The molecule has 128 valence electrons. The third-order valence-corrected chi connectivity index (χ3v) is 5.25. The van der Waals surface area contributed by atoms with E-state index in [9.17, 15) is 0 Å². The zero-order valence-electron chi connectivity index (χ0n) is 14.7. The van der Waals surface area contributed by atoms with Crippen LogP contribution in [0.15, 0.2) is 6.20 Å². The number of likely N-dealkylation sites (N-methyl/N-ethyl adjacent to an activating group) is 1. The summed E-state index contributed by atoms with van der Waals surface area (Å²) in [6.07, 6.45) is 3.19. The lowest BCUT2D eigenvalue weighted by molar-refractivity contribution is 0.101. The maximum absolute atomic E-state index is 5.09. The van der Waals surface area contributed by atoms with Crippen molar-refractivity contribution in [2.24, 2.45) is 0 Å². The van der Waals surface area contributed by atoms with Crippen LogP contribution >= 0.6 is 0 Å². The quantitative estimate of drug-likeness (QED) is 0.807. The molecule has 6 nitrogen and oxygen atoms in total. The fourth-order valence-corrected chi connectivity index (χ4v) is 3.66. The van der Waals surface area contributed by atoms with E-state index in [1.807, 2.05) is 13.1 Å². The molecule has 6 heteroatoms. The van der Waals surface area contributed by atoms with Crippen molar-refractivity contribution in [3.63, 3.8) is 0 Å². The molecule has 1 aromatic heterocycles. The highest BCUT2D eigenvalue weighted by atomic mass is 16.5. The Morgan fingerprint density at radius 2 is 1.96 bits per heavy atom. The highest BCUT2D eigenvalue weighted by Crippen LogP contribution is 2.20. The molecule has 0 spiro atoms. The number of aryl methyl sites for hydroxylation is 1. The molecule has 0 saturated carbocycles. The predicted octanol–water partition coefficient (Wildman–Crippen LogP) is 1.01. The summed E-state index contributed by atoms with van der Waals surface area (Å²) in [4.78, 5) is 16.4. The topological polar surface area (TPSA) is 44.7 Å². The normalized spacial score (nSPS) is 24.2. The molecule has 0 bridgehead atoms. The predicted molar refractivity (Wildman–Crippen MR) is 90.7 cm³/mol. The first-order valence-electron chi connectivity index (χ1n) is 8.75. The van der Waals surface area contributed by atoms with Crippen molar-refractivity contribution >= 4 is 0 Å². The highest BCUT2D eigenvalue weighted by Gasteiger charge is 2.29. The number of piperazine rings is 1. The van der Waals surface area contributed by atoms with Crippen molar-refractivity contribution in [1.82, 2.24) is 24.7 Å². The van der Waals surface area contributed by atoms with E-state index in [0.717, 1.165) is 18.8 Å². The van der Waals surface area contributed by atoms with Gasteiger partial charge in [-0.25, -0.2) is 9.97 Å². The summed E-state index contributed by atoms with van der Waals surface area (Å²) in [5.74, 6) is 0. The molecular formula is C17H29N5O. The number of methoxy groups -OCH3 is 1. The Morgan fingerprint density at radius 3 is 2.61 bits per heavy atom. The molecule has 3 heterocycles. The van der Waals surface area contributed by atoms with E-state index in [-0.39, 0.29) is 0 Å². The van der Waals surface area contributed by atoms with E-state index in [1.165, 1.54) is 51.3 Å². The van der Waals surface area contributed by atoms with Gasteiger partial charge in [0.25, 0.3) is 0 Å².